The number of ketones is 1. The van der Waals surface area contributed by atoms with E-state index in [2.05, 4.69) is 4.98 Å². The number of alkyl halides is 3. The lowest BCUT2D eigenvalue weighted by Gasteiger charge is -2.25. The van der Waals surface area contributed by atoms with Crippen LogP contribution in [0.4, 0.5) is 23.7 Å². The van der Waals surface area contributed by atoms with Crippen molar-refractivity contribution >= 4 is 33.2 Å². The number of anilines is 1. The highest BCUT2D eigenvalue weighted by molar-refractivity contribution is 7.92. The van der Waals surface area contributed by atoms with Crippen molar-refractivity contribution in [2.75, 3.05) is 11.4 Å². The minimum atomic E-state index is -5.60. The van der Waals surface area contributed by atoms with Crippen LogP contribution >= 0.6 is 0 Å². The molecule has 2 aromatic heterocycles. The number of sulfone groups is 1. The van der Waals surface area contributed by atoms with Crippen LogP contribution in [0.5, 0.6) is 0 Å². The van der Waals surface area contributed by atoms with Crippen molar-refractivity contribution in [2.45, 2.75) is 16.6 Å². The van der Waals surface area contributed by atoms with Crippen LogP contribution in [-0.2, 0) is 14.6 Å². The Hall–Kier alpha value is -4.04. The highest BCUT2D eigenvalue weighted by Gasteiger charge is 2.47. The van der Waals surface area contributed by atoms with Crippen molar-refractivity contribution in [3.8, 4) is 0 Å². The van der Waals surface area contributed by atoms with Crippen molar-refractivity contribution in [1.29, 1.82) is 0 Å². The van der Waals surface area contributed by atoms with Gasteiger partial charge in [-0.1, -0.05) is 0 Å². The van der Waals surface area contributed by atoms with E-state index < -0.39 is 50.7 Å². The molecule has 0 saturated carbocycles. The van der Waals surface area contributed by atoms with E-state index >= 15 is 0 Å². The Morgan fingerprint density at radius 3 is 2.40 bits per heavy atom. The molecule has 0 aliphatic carbocycles. The molecule has 4 rings (SSSR count). The second kappa shape index (κ2) is 8.63. The van der Waals surface area contributed by atoms with Gasteiger partial charge in [-0.15, -0.1) is 0 Å². The maximum Gasteiger partial charge on any atom is 0.501 e. The van der Waals surface area contributed by atoms with Gasteiger partial charge in [-0.2, -0.15) is 13.2 Å². The van der Waals surface area contributed by atoms with Gasteiger partial charge in [0.05, 0.1) is 22.4 Å². The molecule has 182 valence electrons. The van der Waals surface area contributed by atoms with E-state index in [1.807, 2.05) is 0 Å². The number of rotatable bonds is 6. The van der Waals surface area contributed by atoms with Gasteiger partial charge in [0.25, 0.3) is 15.7 Å². The molecule has 3 aromatic rings. The molecular weight excluding hydrogens is 493 g/mol. The molecule has 10 nitrogen and oxygen atoms in total. The van der Waals surface area contributed by atoms with Crippen LogP contribution in [0.1, 0.15) is 27.8 Å². The lowest BCUT2D eigenvalue weighted by Crippen LogP contribution is -2.39. The normalized spacial score (nSPS) is 15.5. The van der Waals surface area contributed by atoms with Crippen LogP contribution < -0.4 is 10.6 Å². The molecule has 1 saturated heterocycles. The second-order valence-electron chi connectivity index (χ2n) is 7.30. The summed E-state index contributed by atoms with van der Waals surface area (Å²) in [6.07, 6.45) is 2.61. The van der Waals surface area contributed by atoms with Crippen LogP contribution in [0.3, 0.4) is 0 Å². The minimum Gasteiger partial charge on any atom is -0.461 e. The summed E-state index contributed by atoms with van der Waals surface area (Å²) in [7, 11) is -5.60. The summed E-state index contributed by atoms with van der Waals surface area (Å²) in [5.74, 6) is -1.31. The first kappa shape index (κ1) is 24.1. The van der Waals surface area contributed by atoms with Crippen LogP contribution in [-0.4, -0.2) is 48.1 Å². The minimum absolute atomic E-state index is 0.00537. The Kier molecular flexibility index (Phi) is 5.94. The molecule has 0 radical (unpaired) electrons. The summed E-state index contributed by atoms with van der Waals surface area (Å²) < 4.78 is 66.5. The highest BCUT2D eigenvalue weighted by Crippen LogP contribution is 2.33. The lowest BCUT2D eigenvalue weighted by atomic mass is 10.0. The fourth-order valence-electron chi connectivity index (χ4n) is 3.46. The molecule has 1 aromatic carbocycles. The number of carbonyl (C=O) groups is 3. The van der Waals surface area contributed by atoms with E-state index in [1.54, 1.807) is 0 Å². The van der Waals surface area contributed by atoms with Gasteiger partial charge in [0.2, 0.25) is 5.78 Å². The summed E-state index contributed by atoms with van der Waals surface area (Å²) in [4.78, 5) is 42.8. The van der Waals surface area contributed by atoms with Gasteiger partial charge < -0.3 is 10.2 Å². The fraction of sp³-hybridized carbons (Fsp3) is 0.143. The Labute approximate surface area is 195 Å². The lowest BCUT2D eigenvalue weighted by molar-refractivity contribution is -0.116. The Morgan fingerprint density at radius 1 is 1.11 bits per heavy atom. The third-order valence-electron chi connectivity index (χ3n) is 5.20. The number of imide groups is 1. The maximum absolute atomic E-state index is 13.0. The number of nitrogens with two attached hydrogens (primary N) is 1. The van der Waals surface area contributed by atoms with Gasteiger partial charge in [-0.25, -0.2) is 18.1 Å². The SMILES string of the molecule is NC(c1ccncc1C(=O)c1ccco1)N1CC(=O)N(c2ccc(S(=O)(=O)C(F)(F)F)cc2)C1=O. The van der Waals surface area contributed by atoms with Gasteiger partial charge in [0.15, 0.2) is 5.76 Å². The van der Waals surface area contributed by atoms with E-state index in [4.69, 9.17) is 10.2 Å². The zero-order chi connectivity index (χ0) is 25.5. The third kappa shape index (κ3) is 4.17. The molecule has 2 N–H and O–H groups in total. The average molecular weight is 508 g/mol. The molecule has 1 aliphatic heterocycles. The Bertz CT molecular complexity index is 1410. The summed E-state index contributed by atoms with van der Waals surface area (Å²) in [6.45, 7) is -0.501. The zero-order valence-electron chi connectivity index (χ0n) is 17.5. The smallest absolute Gasteiger partial charge is 0.461 e. The number of pyridine rings is 1. The molecule has 0 bridgehead atoms. The summed E-state index contributed by atoms with van der Waals surface area (Å²) in [5.41, 5.74) is 0.777. The van der Waals surface area contributed by atoms with E-state index in [9.17, 15) is 36.0 Å². The van der Waals surface area contributed by atoms with Gasteiger partial charge >= 0.3 is 11.5 Å². The molecule has 1 unspecified atom stereocenters. The van der Waals surface area contributed by atoms with Crippen molar-refractivity contribution in [2.24, 2.45) is 5.73 Å². The van der Waals surface area contributed by atoms with Crippen molar-refractivity contribution in [3.05, 3.63) is 78.0 Å². The molecule has 14 heteroatoms. The summed E-state index contributed by atoms with van der Waals surface area (Å²) >= 11 is 0. The largest absolute Gasteiger partial charge is 0.501 e. The monoisotopic (exact) mass is 508 g/mol. The Morgan fingerprint density at radius 2 is 1.80 bits per heavy atom. The van der Waals surface area contributed by atoms with E-state index in [1.165, 1.54) is 36.9 Å². The van der Waals surface area contributed by atoms with Gasteiger partial charge in [-0.05, 0) is 42.5 Å². The second-order valence-corrected chi connectivity index (χ2v) is 9.24. The standard InChI is InChI=1S/C21H15F3N4O6S/c22-21(23,24)35(32,33)13-5-3-12(4-6-13)28-17(29)11-27(20(28)31)19(25)14-7-8-26-10-15(14)18(30)16-2-1-9-34-16/h1-10,19H,11,25H2. The predicted octanol–water partition coefficient (Wildman–Crippen LogP) is 2.63. The molecular formula is C21H15F3N4O6S. The number of hydrogen-bond acceptors (Lipinski definition) is 8. The van der Waals surface area contributed by atoms with Gasteiger partial charge in [0.1, 0.15) is 12.7 Å². The number of halogens is 3. The quantitative estimate of drug-likeness (QED) is 0.395. The molecule has 3 heterocycles. The zero-order valence-corrected chi connectivity index (χ0v) is 18.3. The Balaban J connectivity index is 1.61. The molecule has 1 atom stereocenters. The predicted molar refractivity (Wildman–Crippen MR) is 113 cm³/mol. The van der Waals surface area contributed by atoms with E-state index in [-0.39, 0.29) is 22.6 Å². The number of nitrogens with zero attached hydrogens (tertiary/aromatic N) is 3. The average Bonchev–Trinajstić information content (AvgIpc) is 3.46. The molecule has 3 amide bonds. The number of aromatic nitrogens is 1. The van der Waals surface area contributed by atoms with Crippen LogP contribution in [0.15, 0.2) is 70.4 Å². The molecule has 35 heavy (non-hydrogen) atoms. The van der Waals surface area contributed by atoms with Gasteiger partial charge in [0, 0.05) is 18.0 Å². The maximum atomic E-state index is 13.0. The summed E-state index contributed by atoms with van der Waals surface area (Å²) in [6, 6.07) is 6.52. The highest BCUT2D eigenvalue weighted by atomic mass is 32.2. The number of hydrogen-bond donors (Lipinski definition) is 1. The first-order chi connectivity index (χ1) is 16.4. The number of urea groups is 1. The number of furan rings is 1. The van der Waals surface area contributed by atoms with Crippen LogP contribution in [0.25, 0.3) is 0 Å². The molecule has 1 fully saturated rings. The third-order valence-corrected chi connectivity index (χ3v) is 6.70. The first-order valence-electron chi connectivity index (χ1n) is 9.76. The fourth-order valence-corrected chi connectivity index (χ4v) is 4.22. The van der Waals surface area contributed by atoms with Gasteiger partial charge in [-0.3, -0.25) is 19.5 Å². The molecule has 1 aliphatic rings. The van der Waals surface area contributed by atoms with Crippen molar-refractivity contribution in [1.82, 2.24) is 9.88 Å². The topological polar surface area (TPSA) is 144 Å². The number of carbonyl (C=O) groups excluding carboxylic acids is 3. The van der Waals surface area contributed by atoms with Crippen molar-refractivity contribution in [3.63, 3.8) is 0 Å². The van der Waals surface area contributed by atoms with Crippen molar-refractivity contribution < 1.29 is 40.4 Å². The first-order valence-corrected chi connectivity index (χ1v) is 11.2. The van der Waals surface area contributed by atoms with E-state index in [0.717, 1.165) is 17.0 Å². The van der Waals surface area contributed by atoms with Crippen LogP contribution in [0, 0.1) is 0 Å². The number of amides is 3. The van der Waals surface area contributed by atoms with E-state index in [0.29, 0.717) is 17.0 Å². The summed E-state index contributed by atoms with van der Waals surface area (Å²) in [5, 5.41) is 0. The number of benzene rings is 1. The molecule has 0 spiro atoms. The van der Waals surface area contributed by atoms with Crippen LogP contribution in [0.2, 0.25) is 0 Å².